The molecule has 19 heteroatoms. The number of unbranched alkanes of at least 4 members (excludes halogenated alkanes) is 15. The second-order valence-corrected chi connectivity index (χ2v) is 17.4. The Bertz CT molecular complexity index is 1270. The fourth-order valence-electron chi connectivity index (χ4n) is 6.14. The lowest BCUT2D eigenvalue weighted by molar-refractivity contribution is -0.159. The van der Waals surface area contributed by atoms with Gasteiger partial charge in [-0.15, -0.1) is 0 Å². The van der Waals surface area contributed by atoms with Crippen molar-refractivity contribution in [1.29, 1.82) is 0 Å². The van der Waals surface area contributed by atoms with Gasteiger partial charge >= 0.3 is 11.9 Å². The number of halogens is 1. The van der Waals surface area contributed by atoms with Crippen LogP contribution >= 0.6 is 22.6 Å². The van der Waals surface area contributed by atoms with Crippen LogP contribution in [-0.2, 0) is 57.2 Å². The maximum atomic E-state index is 12.9. The molecule has 5 amide bonds. The number of ether oxygens (including phenoxy) is 5. The number of alkyl halides is 1. The molecule has 0 aliphatic rings. The van der Waals surface area contributed by atoms with E-state index in [0.29, 0.717) is 23.9 Å². The molecule has 64 heavy (non-hydrogen) atoms. The van der Waals surface area contributed by atoms with Crippen molar-refractivity contribution < 1.29 is 62.4 Å². The zero-order valence-electron chi connectivity index (χ0n) is 39.1. The summed E-state index contributed by atoms with van der Waals surface area (Å²) in [7, 11) is 0. The van der Waals surface area contributed by atoms with Crippen LogP contribution in [0.1, 0.15) is 149 Å². The Morgan fingerprint density at radius 3 is 1.30 bits per heavy atom. The Kier molecular flexibility index (Phi) is 40.4. The van der Waals surface area contributed by atoms with E-state index < -0.39 is 23.6 Å². The highest BCUT2D eigenvalue weighted by molar-refractivity contribution is 14.1. The number of nitrogens with one attached hydrogen (secondary N) is 5. The maximum absolute atomic E-state index is 12.9. The highest BCUT2D eigenvalue weighted by Crippen LogP contribution is 2.15. The molecular weight excluding hydrogens is 945 g/mol. The van der Waals surface area contributed by atoms with E-state index in [1.807, 2.05) is 22.6 Å². The topological polar surface area (TPSA) is 246 Å². The first-order chi connectivity index (χ1) is 30.7. The Morgan fingerprint density at radius 2 is 0.859 bits per heavy atom. The van der Waals surface area contributed by atoms with E-state index in [1.54, 1.807) is 20.8 Å². The molecule has 0 aromatic rings. The Balaban J connectivity index is 3.94. The van der Waals surface area contributed by atoms with Crippen LogP contribution in [0.25, 0.3) is 0 Å². The Labute approximate surface area is 395 Å². The Morgan fingerprint density at radius 1 is 0.469 bits per heavy atom. The van der Waals surface area contributed by atoms with Crippen molar-refractivity contribution in [3.8, 4) is 0 Å². The molecule has 0 unspecified atom stereocenters. The lowest BCUT2D eigenvalue weighted by atomic mass is 10.0. The van der Waals surface area contributed by atoms with Crippen LogP contribution in [0.15, 0.2) is 0 Å². The second-order valence-electron chi connectivity index (χ2n) is 16.6. The van der Waals surface area contributed by atoms with Crippen molar-refractivity contribution in [2.24, 2.45) is 0 Å². The average Bonchev–Trinajstić information content (AvgIpc) is 3.24. The van der Waals surface area contributed by atoms with E-state index in [1.165, 1.54) is 57.8 Å². The van der Waals surface area contributed by atoms with Crippen LogP contribution in [0.5, 0.6) is 0 Å². The molecule has 0 rings (SSSR count). The molecule has 1 atom stereocenters. The monoisotopic (exact) mass is 1030 g/mol. The predicted molar refractivity (Wildman–Crippen MR) is 252 cm³/mol. The fraction of sp³-hybridized carbons (Fsp3) is 0.844. The van der Waals surface area contributed by atoms with Gasteiger partial charge in [0.25, 0.3) is 0 Å². The number of hydrogen-bond donors (Lipinski definition) is 6. The molecule has 18 nitrogen and oxygen atoms in total. The molecule has 0 saturated carbocycles. The number of carbonyl (C=O) groups excluding carboxylic acids is 6. The van der Waals surface area contributed by atoms with Gasteiger partial charge in [0, 0.05) is 45.4 Å². The minimum Gasteiger partial charge on any atom is -0.481 e. The number of carboxylic acids is 1. The van der Waals surface area contributed by atoms with Gasteiger partial charge < -0.3 is 55.4 Å². The molecule has 0 aromatic heterocycles. The van der Waals surface area contributed by atoms with Gasteiger partial charge in [0.15, 0.2) is 0 Å². The van der Waals surface area contributed by atoms with Gasteiger partial charge in [-0.25, -0.2) is 4.79 Å². The molecule has 0 aromatic carbocycles. The number of hydrogen-bond acceptors (Lipinski definition) is 12. The van der Waals surface area contributed by atoms with Crippen LogP contribution in [0.4, 0.5) is 0 Å². The molecule has 0 bridgehead atoms. The highest BCUT2D eigenvalue weighted by Gasteiger charge is 2.27. The largest absolute Gasteiger partial charge is 0.481 e. The molecule has 0 radical (unpaired) electrons. The van der Waals surface area contributed by atoms with E-state index in [-0.39, 0.29) is 115 Å². The van der Waals surface area contributed by atoms with Gasteiger partial charge in [0.05, 0.1) is 44.1 Å². The summed E-state index contributed by atoms with van der Waals surface area (Å²) in [6.45, 7) is 7.51. The summed E-state index contributed by atoms with van der Waals surface area (Å²) in [6, 6.07) is -0.934. The summed E-state index contributed by atoms with van der Waals surface area (Å²) < 4.78 is 27.2. The zero-order chi connectivity index (χ0) is 47.5. The quantitative estimate of drug-likeness (QED) is 0.0211. The first kappa shape index (κ1) is 60.9. The summed E-state index contributed by atoms with van der Waals surface area (Å²) in [4.78, 5) is 83.5. The smallest absolute Gasteiger partial charge is 0.329 e. The summed E-state index contributed by atoms with van der Waals surface area (Å²) in [6.07, 6.45) is 18.7. The number of rotatable bonds is 44. The average molecular weight is 1030 g/mol. The van der Waals surface area contributed by atoms with Gasteiger partial charge in [0.2, 0.25) is 29.5 Å². The van der Waals surface area contributed by atoms with Crippen molar-refractivity contribution in [3.63, 3.8) is 0 Å². The summed E-state index contributed by atoms with van der Waals surface area (Å²) in [5.74, 6) is -2.49. The van der Waals surface area contributed by atoms with Gasteiger partial charge in [0.1, 0.15) is 24.9 Å². The molecule has 6 N–H and O–H groups in total. The normalized spacial score (nSPS) is 11.7. The summed E-state index contributed by atoms with van der Waals surface area (Å²) in [5, 5.41) is 22.1. The Hall–Kier alpha value is -3.14. The van der Waals surface area contributed by atoms with Crippen LogP contribution < -0.4 is 26.6 Å². The minimum absolute atomic E-state index is 0.0143. The molecule has 372 valence electrons. The SMILES string of the molecule is CC(C)(C)OC(=O)[C@H](CCC(=O)NCCOCCOCC(=O)NCCOCCOCC(=O)NCCNC(=O)CI)NC(=O)CCCCCCCCCCCCCCCCCCC(=O)O. The molecule has 0 spiro atoms. The van der Waals surface area contributed by atoms with Gasteiger partial charge in [-0.1, -0.05) is 112 Å². The predicted octanol–water partition coefficient (Wildman–Crippen LogP) is 4.67. The minimum atomic E-state index is -0.934. The van der Waals surface area contributed by atoms with E-state index in [2.05, 4.69) is 26.6 Å². The third-order valence-electron chi connectivity index (χ3n) is 9.47. The summed E-state index contributed by atoms with van der Waals surface area (Å²) >= 11 is 1.95. The van der Waals surface area contributed by atoms with Gasteiger partial charge in [-0.2, -0.15) is 0 Å². The van der Waals surface area contributed by atoms with Crippen LogP contribution in [-0.4, -0.2) is 142 Å². The maximum Gasteiger partial charge on any atom is 0.329 e. The van der Waals surface area contributed by atoms with Crippen LogP contribution in [0.2, 0.25) is 0 Å². The molecule has 0 aliphatic carbocycles. The molecule has 0 saturated heterocycles. The van der Waals surface area contributed by atoms with Crippen molar-refractivity contribution in [2.75, 3.05) is 83.5 Å². The lowest BCUT2D eigenvalue weighted by Gasteiger charge is -2.24. The number of carboxylic acid groups (broad SMARTS) is 1. The van der Waals surface area contributed by atoms with E-state index in [4.69, 9.17) is 28.8 Å². The number of aliphatic carboxylic acids is 1. The number of carbonyl (C=O) groups is 7. The third kappa shape index (κ3) is 44.1. The van der Waals surface area contributed by atoms with Gasteiger partial charge in [-0.3, -0.25) is 28.8 Å². The molecule has 0 aliphatic heterocycles. The standard InChI is InChI=1S/C45H82IN5O13/c1-45(2,3)64-44(59)37(51-39(53)20-18-16-14-12-10-8-6-4-5-7-9-11-13-15-17-19-21-43(57)58)22-23-38(52)49-26-28-60-30-33-63-36-42(56)50-27-29-61-31-32-62-35-41(55)48-25-24-47-40(54)34-46/h37H,4-36H2,1-3H3,(H,47,54)(H,48,55)(H,49,52)(H,50,56)(H,51,53)(H,57,58)/t37-/m0/s1. The van der Waals surface area contributed by atoms with Crippen molar-refractivity contribution in [3.05, 3.63) is 0 Å². The number of amides is 5. The molecule has 0 heterocycles. The number of esters is 1. The summed E-state index contributed by atoms with van der Waals surface area (Å²) in [5.41, 5.74) is -0.743. The van der Waals surface area contributed by atoms with Crippen LogP contribution in [0.3, 0.4) is 0 Å². The molecular formula is C45H82IN5O13. The van der Waals surface area contributed by atoms with Crippen molar-refractivity contribution >= 4 is 64.1 Å². The zero-order valence-corrected chi connectivity index (χ0v) is 41.3. The van der Waals surface area contributed by atoms with Gasteiger partial charge in [-0.05, 0) is 40.0 Å². The van der Waals surface area contributed by atoms with Crippen molar-refractivity contribution in [2.45, 2.75) is 161 Å². The molecule has 0 fully saturated rings. The second kappa shape index (κ2) is 42.5. The first-order valence-electron chi connectivity index (χ1n) is 23.4. The highest BCUT2D eigenvalue weighted by atomic mass is 127. The first-order valence-corrected chi connectivity index (χ1v) is 24.9. The van der Waals surface area contributed by atoms with E-state index in [9.17, 15) is 33.6 Å². The van der Waals surface area contributed by atoms with Crippen LogP contribution in [0, 0.1) is 0 Å². The van der Waals surface area contributed by atoms with Crippen molar-refractivity contribution in [1.82, 2.24) is 26.6 Å². The third-order valence-corrected chi connectivity index (χ3v) is 10.2. The van der Waals surface area contributed by atoms with E-state index >= 15 is 0 Å². The lowest BCUT2D eigenvalue weighted by Crippen LogP contribution is -2.44. The fourth-order valence-corrected chi connectivity index (χ4v) is 6.41. The van der Waals surface area contributed by atoms with E-state index in [0.717, 1.165) is 44.9 Å².